The van der Waals surface area contributed by atoms with Gasteiger partial charge in [-0.3, -0.25) is 4.79 Å². The van der Waals surface area contributed by atoms with E-state index in [9.17, 15) is 4.79 Å². The van der Waals surface area contributed by atoms with Crippen LogP contribution in [0.15, 0.2) is 42.5 Å². The fraction of sp³-hybridized carbons (Fsp3) is 0.0667. The fourth-order valence-electron chi connectivity index (χ4n) is 1.93. The van der Waals surface area contributed by atoms with E-state index in [4.69, 9.17) is 16.9 Å². The largest absolute Gasteiger partial charge is 0.343 e. The molecular formula is C15H11ClN2O. The topological polar surface area (TPSA) is 44.1 Å². The van der Waals surface area contributed by atoms with Gasteiger partial charge < -0.3 is 4.90 Å². The summed E-state index contributed by atoms with van der Waals surface area (Å²) in [5, 5.41) is 9.52. The lowest BCUT2D eigenvalue weighted by Gasteiger charge is -2.22. The molecule has 2 rings (SSSR count). The Balaban J connectivity index is 2.57. The van der Waals surface area contributed by atoms with Crippen LogP contribution in [-0.2, 0) is 0 Å². The van der Waals surface area contributed by atoms with E-state index in [1.54, 1.807) is 42.3 Å². The quantitative estimate of drug-likeness (QED) is 0.797. The number of carbonyl (C=O) groups is 1. The lowest BCUT2D eigenvalue weighted by atomic mass is 10.1. The average molecular weight is 271 g/mol. The van der Waals surface area contributed by atoms with Crippen LogP contribution in [0.3, 0.4) is 0 Å². The van der Waals surface area contributed by atoms with Gasteiger partial charge >= 0.3 is 0 Å². The second-order valence-corrected chi connectivity index (χ2v) is 4.39. The van der Waals surface area contributed by atoms with Crippen LogP contribution >= 0.6 is 11.6 Å². The van der Waals surface area contributed by atoms with Gasteiger partial charge in [-0.2, -0.15) is 5.26 Å². The van der Waals surface area contributed by atoms with E-state index in [2.05, 4.69) is 6.07 Å². The molecule has 2 aromatic carbocycles. The molecule has 19 heavy (non-hydrogen) atoms. The summed E-state index contributed by atoms with van der Waals surface area (Å²) < 4.78 is 0. The Labute approximate surface area is 116 Å². The van der Waals surface area contributed by atoms with Crippen molar-refractivity contribution < 1.29 is 4.79 Å². The molecule has 0 radical (unpaired) electrons. The number of nitrogens with zero attached hydrogens (tertiary/aromatic N) is 2. The molecule has 0 atom stereocenters. The fourth-order valence-corrected chi connectivity index (χ4v) is 2.14. The zero-order valence-electron chi connectivity index (χ0n) is 10.3. The van der Waals surface area contributed by atoms with Crippen molar-refractivity contribution in [2.24, 2.45) is 0 Å². The summed E-state index contributed by atoms with van der Waals surface area (Å²) in [6.45, 7) is 0. The minimum Gasteiger partial charge on any atom is -0.343 e. The molecule has 3 nitrogen and oxygen atoms in total. The van der Waals surface area contributed by atoms with Crippen LogP contribution < -0.4 is 4.90 Å². The van der Waals surface area contributed by atoms with E-state index in [-0.39, 0.29) is 0 Å². The molecule has 0 aliphatic carbocycles. The van der Waals surface area contributed by atoms with E-state index in [1.807, 2.05) is 12.1 Å². The van der Waals surface area contributed by atoms with Crippen LogP contribution in [0.1, 0.15) is 15.9 Å². The molecule has 0 bridgehead atoms. The van der Waals surface area contributed by atoms with Crippen molar-refractivity contribution in [1.29, 1.82) is 5.26 Å². The molecule has 4 heteroatoms. The molecule has 0 fully saturated rings. The van der Waals surface area contributed by atoms with Crippen molar-refractivity contribution in [3.05, 3.63) is 58.6 Å². The Morgan fingerprint density at radius 3 is 2.53 bits per heavy atom. The van der Waals surface area contributed by atoms with Crippen molar-refractivity contribution in [2.45, 2.75) is 0 Å². The van der Waals surface area contributed by atoms with Crippen LogP contribution in [0.2, 0.25) is 5.02 Å². The third-order valence-electron chi connectivity index (χ3n) is 2.89. The first-order chi connectivity index (χ1) is 9.19. The van der Waals surface area contributed by atoms with Gasteiger partial charge in [0.25, 0.3) is 0 Å². The van der Waals surface area contributed by atoms with Gasteiger partial charge in [0.15, 0.2) is 6.29 Å². The summed E-state index contributed by atoms with van der Waals surface area (Å²) in [6, 6.07) is 14.6. The highest BCUT2D eigenvalue weighted by molar-refractivity contribution is 6.33. The van der Waals surface area contributed by atoms with Gasteiger partial charge in [-0.25, -0.2) is 0 Å². The first-order valence-electron chi connectivity index (χ1n) is 5.65. The predicted molar refractivity (Wildman–Crippen MR) is 76.1 cm³/mol. The van der Waals surface area contributed by atoms with E-state index in [1.165, 1.54) is 0 Å². The van der Waals surface area contributed by atoms with E-state index in [0.717, 1.165) is 12.0 Å². The van der Waals surface area contributed by atoms with Crippen molar-refractivity contribution >= 4 is 29.3 Å². The summed E-state index contributed by atoms with van der Waals surface area (Å²) >= 11 is 6.01. The second kappa shape index (κ2) is 5.55. The molecule has 0 unspecified atom stereocenters. The van der Waals surface area contributed by atoms with Gasteiger partial charge in [0.2, 0.25) is 0 Å². The van der Waals surface area contributed by atoms with Crippen molar-refractivity contribution in [3.8, 4) is 6.07 Å². The number of para-hydroxylation sites is 1. The molecular weight excluding hydrogens is 260 g/mol. The SMILES string of the molecule is CN(c1ccccc1C#N)c1cccc(Cl)c1C=O. The van der Waals surface area contributed by atoms with E-state index < -0.39 is 0 Å². The lowest BCUT2D eigenvalue weighted by molar-refractivity contribution is 0.112. The highest BCUT2D eigenvalue weighted by Crippen LogP contribution is 2.31. The second-order valence-electron chi connectivity index (χ2n) is 3.98. The van der Waals surface area contributed by atoms with Gasteiger partial charge in [-0.05, 0) is 24.3 Å². The minimum absolute atomic E-state index is 0.397. The number of anilines is 2. The third kappa shape index (κ3) is 2.44. The summed E-state index contributed by atoms with van der Waals surface area (Å²) in [5.74, 6) is 0. The Bertz CT molecular complexity index is 661. The molecule has 0 spiro atoms. The van der Waals surface area contributed by atoms with Crippen LogP contribution in [0.5, 0.6) is 0 Å². The number of halogens is 1. The van der Waals surface area contributed by atoms with Gasteiger partial charge in [0.1, 0.15) is 6.07 Å². The normalized spacial score (nSPS) is 9.74. The van der Waals surface area contributed by atoms with Crippen molar-refractivity contribution in [2.75, 3.05) is 11.9 Å². The van der Waals surface area contributed by atoms with Crippen LogP contribution in [0.25, 0.3) is 0 Å². The highest BCUT2D eigenvalue weighted by atomic mass is 35.5. The van der Waals surface area contributed by atoms with Gasteiger partial charge in [0, 0.05) is 7.05 Å². The first-order valence-corrected chi connectivity index (χ1v) is 6.03. The van der Waals surface area contributed by atoms with E-state index in [0.29, 0.717) is 21.8 Å². The smallest absolute Gasteiger partial charge is 0.153 e. The number of carbonyl (C=O) groups excluding carboxylic acids is 1. The van der Waals surface area contributed by atoms with Gasteiger partial charge in [-0.15, -0.1) is 0 Å². The van der Waals surface area contributed by atoms with E-state index >= 15 is 0 Å². The molecule has 0 saturated heterocycles. The highest BCUT2D eigenvalue weighted by Gasteiger charge is 2.14. The summed E-state index contributed by atoms with van der Waals surface area (Å²) in [5.41, 5.74) is 2.36. The maximum atomic E-state index is 11.2. The van der Waals surface area contributed by atoms with Crippen molar-refractivity contribution in [1.82, 2.24) is 0 Å². The molecule has 0 aliphatic heterocycles. The number of nitriles is 1. The Morgan fingerprint density at radius 2 is 1.84 bits per heavy atom. The molecule has 0 amide bonds. The minimum atomic E-state index is 0.397. The van der Waals surface area contributed by atoms with Gasteiger partial charge in [0.05, 0.1) is 27.5 Å². The number of hydrogen-bond donors (Lipinski definition) is 0. The monoisotopic (exact) mass is 270 g/mol. The van der Waals surface area contributed by atoms with Crippen LogP contribution in [0, 0.1) is 11.3 Å². The zero-order chi connectivity index (χ0) is 13.8. The molecule has 0 heterocycles. The predicted octanol–water partition coefficient (Wildman–Crippen LogP) is 3.79. The molecule has 94 valence electrons. The molecule has 0 saturated carbocycles. The molecule has 2 aromatic rings. The number of rotatable bonds is 3. The summed E-state index contributed by atoms with van der Waals surface area (Å²) in [6.07, 6.45) is 0.725. The summed E-state index contributed by atoms with van der Waals surface area (Å²) in [4.78, 5) is 12.9. The molecule has 0 aliphatic rings. The Hall–Kier alpha value is -2.31. The van der Waals surface area contributed by atoms with Crippen LogP contribution in [-0.4, -0.2) is 13.3 Å². The lowest BCUT2D eigenvalue weighted by Crippen LogP contribution is -2.13. The number of hydrogen-bond acceptors (Lipinski definition) is 3. The van der Waals surface area contributed by atoms with Crippen molar-refractivity contribution in [3.63, 3.8) is 0 Å². The third-order valence-corrected chi connectivity index (χ3v) is 3.22. The standard InChI is InChI=1S/C15H11ClN2O/c1-18(14-7-3-2-5-11(14)9-17)15-8-4-6-13(16)12(15)10-19/h2-8,10H,1H3. The Morgan fingerprint density at radius 1 is 1.16 bits per heavy atom. The summed E-state index contributed by atoms with van der Waals surface area (Å²) in [7, 11) is 1.80. The van der Waals surface area contributed by atoms with Gasteiger partial charge in [-0.1, -0.05) is 29.8 Å². The number of benzene rings is 2. The molecule has 0 aromatic heterocycles. The Kier molecular flexibility index (Phi) is 3.84. The number of aldehydes is 1. The van der Waals surface area contributed by atoms with Crippen LogP contribution in [0.4, 0.5) is 11.4 Å². The first kappa shape index (κ1) is 13.1. The maximum Gasteiger partial charge on any atom is 0.153 e. The molecule has 0 N–H and O–H groups in total. The maximum absolute atomic E-state index is 11.2. The average Bonchev–Trinajstić information content (AvgIpc) is 2.46. The zero-order valence-corrected chi connectivity index (χ0v) is 11.1.